The van der Waals surface area contributed by atoms with Crippen molar-refractivity contribution in [3.8, 4) is 11.1 Å². The highest BCUT2D eigenvalue weighted by Crippen LogP contribution is 2.22. The van der Waals surface area contributed by atoms with Crippen LogP contribution in [-0.2, 0) is 21.5 Å². The first kappa shape index (κ1) is 17.6. The first-order valence-corrected chi connectivity index (χ1v) is 9.23. The van der Waals surface area contributed by atoms with Gasteiger partial charge in [-0.1, -0.05) is 54.6 Å². The zero-order valence-corrected chi connectivity index (χ0v) is 14.3. The van der Waals surface area contributed by atoms with E-state index in [9.17, 15) is 13.2 Å². The van der Waals surface area contributed by atoms with Gasteiger partial charge in [-0.3, -0.25) is 10.0 Å². The van der Waals surface area contributed by atoms with Crippen molar-refractivity contribution < 1.29 is 18.4 Å². The summed E-state index contributed by atoms with van der Waals surface area (Å²) in [5.41, 5.74) is 4.49. The third-order valence-electron chi connectivity index (χ3n) is 4.12. The zero-order valence-electron chi connectivity index (χ0n) is 13.5. The molecule has 2 aromatic carbocycles. The molecule has 1 amide bonds. The van der Waals surface area contributed by atoms with Gasteiger partial charge < -0.3 is 0 Å². The molecule has 0 unspecified atom stereocenters. The normalized spacial score (nSPS) is 17.5. The molecule has 2 aromatic rings. The third kappa shape index (κ3) is 3.88. The molecule has 0 aromatic heterocycles. The Morgan fingerprint density at radius 1 is 0.960 bits per heavy atom. The van der Waals surface area contributed by atoms with Crippen molar-refractivity contribution in [3.05, 3.63) is 60.2 Å². The summed E-state index contributed by atoms with van der Waals surface area (Å²) in [6.07, 6.45) is 0. The second-order valence-electron chi connectivity index (χ2n) is 5.77. The number of nitrogens with zero attached hydrogens (tertiary/aromatic N) is 2. The molecule has 0 spiro atoms. The van der Waals surface area contributed by atoms with Crippen LogP contribution in [-0.4, -0.2) is 47.8 Å². The summed E-state index contributed by atoms with van der Waals surface area (Å²) < 4.78 is 27.2. The molecule has 1 heterocycles. The fourth-order valence-corrected chi connectivity index (χ4v) is 4.31. The minimum Gasteiger partial charge on any atom is -0.289 e. The van der Waals surface area contributed by atoms with Crippen LogP contribution in [0.4, 0.5) is 0 Å². The molecule has 7 nitrogen and oxygen atoms in total. The van der Waals surface area contributed by atoms with Gasteiger partial charge in [-0.15, -0.1) is 0 Å². The van der Waals surface area contributed by atoms with Gasteiger partial charge in [0.15, 0.2) is 0 Å². The maximum absolute atomic E-state index is 12.4. The number of carbonyl (C=O) groups is 1. The molecule has 0 atom stereocenters. The highest BCUT2D eigenvalue weighted by atomic mass is 32.2. The molecule has 1 saturated heterocycles. The Bertz CT molecular complexity index is 838. The van der Waals surface area contributed by atoms with E-state index in [0.29, 0.717) is 6.54 Å². The van der Waals surface area contributed by atoms with Gasteiger partial charge in [0.05, 0.1) is 6.54 Å². The van der Waals surface area contributed by atoms with E-state index in [1.807, 2.05) is 54.6 Å². The third-order valence-corrected chi connectivity index (χ3v) is 6.04. The maximum atomic E-state index is 12.4. The smallest absolute Gasteiger partial charge is 0.282 e. The molecule has 1 aliphatic heterocycles. The van der Waals surface area contributed by atoms with Crippen LogP contribution in [0.1, 0.15) is 5.56 Å². The van der Waals surface area contributed by atoms with Crippen LogP contribution < -0.4 is 5.48 Å². The molecule has 132 valence electrons. The van der Waals surface area contributed by atoms with Crippen molar-refractivity contribution >= 4 is 16.1 Å². The lowest BCUT2D eigenvalue weighted by Gasteiger charge is -2.18. The first-order valence-electron chi connectivity index (χ1n) is 7.83. The molecule has 3 rings (SSSR count). The standard InChI is InChI=1S/C17H19N3O4S/c21-17(18-22)13-20-11-10-19(25(20,23)24)12-14-6-8-16(9-7-14)15-4-2-1-3-5-15/h1-9,22H,10-13H2,(H,18,21). The second-order valence-corrected chi connectivity index (χ2v) is 7.70. The molecule has 0 bridgehead atoms. The molecule has 1 aliphatic rings. The van der Waals surface area contributed by atoms with Gasteiger partial charge in [0.1, 0.15) is 0 Å². The van der Waals surface area contributed by atoms with E-state index in [1.165, 1.54) is 9.79 Å². The van der Waals surface area contributed by atoms with E-state index in [1.54, 1.807) is 0 Å². The lowest BCUT2D eigenvalue weighted by Crippen LogP contribution is -2.39. The number of benzene rings is 2. The van der Waals surface area contributed by atoms with Gasteiger partial charge >= 0.3 is 0 Å². The molecular weight excluding hydrogens is 342 g/mol. The number of hydroxylamine groups is 1. The Kier molecular flexibility index (Phi) is 5.14. The first-order chi connectivity index (χ1) is 12.0. The van der Waals surface area contributed by atoms with Gasteiger partial charge in [-0.25, -0.2) is 5.48 Å². The number of amides is 1. The van der Waals surface area contributed by atoms with Crippen LogP contribution in [0.2, 0.25) is 0 Å². The number of hydrogen-bond acceptors (Lipinski definition) is 4. The Morgan fingerprint density at radius 3 is 2.20 bits per heavy atom. The predicted octanol–water partition coefficient (Wildman–Crippen LogP) is 1.22. The second kappa shape index (κ2) is 7.32. The maximum Gasteiger partial charge on any atom is 0.282 e. The summed E-state index contributed by atoms with van der Waals surface area (Å²) >= 11 is 0. The average Bonchev–Trinajstić information content (AvgIpc) is 2.90. The number of rotatable bonds is 5. The summed E-state index contributed by atoms with van der Waals surface area (Å²) in [4.78, 5) is 11.2. The quantitative estimate of drug-likeness (QED) is 0.619. The molecule has 1 fully saturated rings. The van der Waals surface area contributed by atoms with E-state index in [2.05, 4.69) is 0 Å². The van der Waals surface area contributed by atoms with E-state index >= 15 is 0 Å². The minimum atomic E-state index is -3.70. The lowest BCUT2D eigenvalue weighted by atomic mass is 10.0. The lowest BCUT2D eigenvalue weighted by molar-refractivity contribution is -0.129. The largest absolute Gasteiger partial charge is 0.289 e. The number of nitrogens with one attached hydrogen (secondary N) is 1. The summed E-state index contributed by atoms with van der Waals surface area (Å²) in [6.45, 7) is 0.385. The van der Waals surface area contributed by atoms with Crippen LogP contribution in [0.15, 0.2) is 54.6 Å². The molecule has 25 heavy (non-hydrogen) atoms. The summed E-state index contributed by atoms with van der Waals surface area (Å²) in [7, 11) is -3.70. The van der Waals surface area contributed by atoms with Crippen LogP contribution >= 0.6 is 0 Å². The van der Waals surface area contributed by atoms with Gasteiger partial charge in [0.2, 0.25) is 0 Å². The zero-order chi connectivity index (χ0) is 17.9. The Morgan fingerprint density at radius 2 is 1.56 bits per heavy atom. The topological polar surface area (TPSA) is 90.0 Å². The van der Waals surface area contributed by atoms with E-state index in [0.717, 1.165) is 21.0 Å². The SMILES string of the molecule is O=C(CN1CCN(Cc2ccc(-c3ccccc3)cc2)S1(=O)=O)NO. The van der Waals surface area contributed by atoms with E-state index < -0.39 is 16.1 Å². The van der Waals surface area contributed by atoms with Crippen molar-refractivity contribution in [1.82, 2.24) is 14.1 Å². The molecular formula is C17H19N3O4S. The Hall–Kier alpha value is -2.26. The summed E-state index contributed by atoms with van der Waals surface area (Å²) in [6, 6.07) is 17.7. The van der Waals surface area contributed by atoms with Gasteiger partial charge in [-0.05, 0) is 16.7 Å². The predicted molar refractivity (Wildman–Crippen MR) is 92.7 cm³/mol. The van der Waals surface area contributed by atoms with Crippen molar-refractivity contribution in [2.75, 3.05) is 19.6 Å². The highest BCUT2D eigenvalue weighted by molar-refractivity contribution is 7.87. The number of hydrogen-bond donors (Lipinski definition) is 2. The van der Waals surface area contributed by atoms with Crippen molar-refractivity contribution in [3.63, 3.8) is 0 Å². The van der Waals surface area contributed by atoms with Crippen LogP contribution in [0.25, 0.3) is 11.1 Å². The Balaban J connectivity index is 1.69. The van der Waals surface area contributed by atoms with Crippen LogP contribution in [0.5, 0.6) is 0 Å². The molecule has 2 N–H and O–H groups in total. The average molecular weight is 361 g/mol. The van der Waals surface area contributed by atoms with Crippen molar-refractivity contribution in [1.29, 1.82) is 0 Å². The summed E-state index contributed by atoms with van der Waals surface area (Å²) in [5, 5.41) is 8.55. The van der Waals surface area contributed by atoms with Gasteiger partial charge in [0.25, 0.3) is 16.1 Å². The van der Waals surface area contributed by atoms with Crippen LogP contribution in [0, 0.1) is 0 Å². The number of carbonyl (C=O) groups excluding carboxylic acids is 1. The molecule has 8 heteroatoms. The minimum absolute atomic E-state index is 0.220. The van der Waals surface area contributed by atoms with Crippen molar-refractivity contribution in [2.24, 2.45) is 0 Å². The molecule has 0 radical (unpaired) electrons. The Labute approximate surface area is 146 Å². The van der Waals surface area contributed by atoms with Crippen LogP contribution in [0.3, 0.4) is 0 Å². The molecule has 0 saturated carbocycles. The van der Waals surface area contributed by atoms with E-state index in [4.69, 9.17) is 5.21 Å². The highest BCUT2D eigenvalue weighted by Gasteiger charge is 2.37. The fraction of sp³-hybridized carbons (Fsp3) is 0.235. The summed E-state index contributed by atoms with van der Waals surface area (Å²) in [5.74, 6) is -0.752. The van der Waals surface area contributed by atoms with E-state index in [-0.39, 0.29) is 19.6 Å². The van der Waals surface area contributed by atoms with Gasteiger partial charge in [0, 0.05) is 19.6 Å². The fourth-order valence-electron chi connectivity index (χ4n) is 2.77. The monoisotopic (exact) mass is 361 g/mol. The van der Waals surface area contributed by atoms with Gasteiger partial charge in [-0.2, -0.15) is 17.0 Å². The molecule has 0 aliphatic carbocycles. The van der Waals surface area contributed by atoms with Crippen molar-refractivity contribution in [2.45, 2.75) is 6.54 Å².